The third-order valence-corrected chi connectivity index (χ3v) is 2.38. The summed E-state index contributed by atoms with van der Waals surface area (Å²) in [5, 5.41) is 0. The number of rotatable bonds is 2. The normalized spacial score (nSPS) is 22.0. The van der Waals surface area contributed by atoms with Crippen molar-refractivity contribution in [3.05, 3.63) is 48.6 Å². The van der Waals surface area contributed by atoms with E-state index in [4.69, 9.17) is 0 Å². The van der Waals surface area contributed by atoms with Crippen molar-refractivity contribution in [1.82, 2.24) is 0 Å². The van der Waals surface area contributed by atoms with Gasteiger partial charge in [0.25, 0.3) is 0 Å². The molecule has 0 aromatic rings. The van der Waals surface area contributed by atoms with Crippen LogP contribution in [-0.2, 0) is 21.7 Å². The zero-order chi connectivity index (χ0) is 10.2. The van der Waals surface area contributed by atoms with Gasteiger partial charge in [0.2, 0.25) is 0 Å². The number of halogens is 2. The van der Waals surface area contributed by atoms with Crippen molar-refractivity contribution in [3.63, 3.8) is 0 Å². The summed E-state index contributed by atoms with van der Waals surface area (Å²) in [6, 6.07) is 0. The van der Waals surface area contributed by atoms with Crippen LogP contribution in [0.25, 0.3) is 0 Å². The predicted octanol–water partition coefficient (Wildman–Crippen LogP) is 4.72. The minimum atomic E-state index is 0. The average molecular weight is 307 g/mol. The van der Waals surface area contributed by atoms with E-state index >= 15 is 0 Å². The molecule has 0 nitrogen and oxygen atoms in total. The number of hydrogen-bond acceptors (Lipinski definition) is 0. The Bertz CT molecular complexity index is 215. The molecule has 0 radical (unpaired) electrons. The van der Waals surface area contributed by atoms with Gasteiger partial charge in [-0.2, -0.15) is 12.2 Å². The predicted molar refractivity (Wildman–Crippen MR) is 76.0 cm³/mol. The Hall–Kier alpha value is 0.254. The molecule has 0 aliphatic heterocycles. The molecule has 3 heteroatoms. The fourth-order valence-corrected chi connectivity index (χ4v) is 1.36. The second-order valence-electron chi connectivity index (χ2n) is 3.47. The van der Waals surface area contributed by atoms with Crippen molar-refractivity contribution < 1.29 is 21.7 Å². The first-order chi connectivity index (χ1) is 6.86. The average Bonchev–Trinajstić information content (AvgIpc) is 2.92. The summed E-state index contributed by atoms with van der Waals surface area (Å²) in [4.78, 5) is 0. The summed E-state index contributed by atoms with van der Waals surface area (Å²) < 4.78 is 0. The Kier molecular flexibility index (Phi) is 18.9. The molecule has 0 N–H and O–H groups in total. The SMILES string of the molecule is CCC1[C-]=CC=C1.CCC1[C-]=CC=C1.Cl.Cl.[Ti+2]. The molecule has 0 heterocycles. The molecule has 0 saturated heterocycles. The van der Waals surface area contributed by atoms with Crippen molar-refractivity contribution in [2.24, 2.45) is 11.8 Å². The molecule has 2 unspecified atom stereocenters. The molecule has 2 atom stereocenters. The molecule has 0 bridgehead atoms. The fraction of sp³-hybridized carbons (Fsp3) is 0.429. The Morgan fingerprint density at radius 2 is 1.18 bits per heavy atom. The van der Waals surface area contributed by atoms with Crippen molar-refractivity contribution in [2.45, 2.75) is 26.7 Å². The maximum atomic E-state index is 3.17. The summed E-state index contributed by atoms with van der Waals surface area (Å²) in [5.41, 5.74) is 0. The monoisotopic (exact) mass is 306 g/mol. The minimum absolute atomic E-state index is 0. The third kappa shape index (κ3) is 9.91. The van der Waals surface area contributed by atoms with E-state index in [-0.39, 0.29) is 46.5 Å². The van der Waals surface area contributed by atoms with E-state index in [0.29, 0.717) is 11.8 Å². The van der Waals surface area contributed by atoms with Crippen LogP contribution >= 0.6 is 24.8 Å². The van der Waals surface area contributed by atoms with Crippen LogP contribution in [0.5, 0.6) is 0 Å². The standard InChI is InChI=1S/2C7H9.2ClH.Ti/c2*1-2-7-5-3-4-6-7;;;/h2*3-5,7H,2H2,1H3;2*1H;/q2*-1;;;+2. The van der Waals surface area contributed by atoms with Gasteiger partial charge >= 0.3 is 21.7 Å². The van der Waals surface area contributed by atoms with E-state index in [9.17, 15) is 0 Å². The molecular formula is C14H20Cl2Ti. The fourth-order valence-electron chi connectivity index (χ4n) is 1.36. The van der Waals surface area contributed by atoms with Gasteiger partial charge in [-0.1, -0.05) is 38.5 Å². The zero-order valence-electron chi connectivity index (χ0n) is 10.3. The second kappa shape index (κ2) is 14.3. The Labute approximate surface area is 133 Å². The van der Waals surface area contributed by atoms with Crippen molar-refractivity contribution in [2.75, 3.05) is 0 Å². The van der Waals surface area contributed by atoms with Crippen LogP contribution in [0, 0.1) is 24.0 Å². The molecular weight excluding hydrogens is 287 g/mol. The van der Waals surface area contributed by atoms with Crippen LogP contribution in [0.15, 0.2) is 36.5 Å². The smallest absolute Gasteiger partial charge is 0.270 e. The molecule has 17 heavy (non-hydrogen) atoms. The maximum Gasteiger partial charge on any atom is 2.00 e. The van der Waals surface area contributed by atoms with E-state index in [2.05, 4.69) is 38.2 Å². The van der Waals surface area contributed by atoms with E-state index in [1.807, 2.05) is 24.3 Å². The van der Waals surface area contributed by atoms with Crippen molar-refractivity contribution in [3.8, 4) is 0 Å². The number of allylic oxidation sites excluding steroid dienone is 8. The third-order valence-electron chi connectivity index (χ3n) is 2.38. The first kappa shape index (κ1) is 22.4. The Morgan fingerprint density at radius 3 is 1.29 bits per heavy atom. The van der Waals surface area contributed by atoms with Crippen LogP contribution < -0.4 is 0 Å². The summed E-state index contributed by atoms with van der Waals surface area (Å²) in [7, 11) is 0. The molecule has 0 aromatic heterocycles. The van der Waals surface area contributed by atoms with E-state index in [0.717, 1.165) is 0 Å². The van der Waals surface area contributed by atoms with Gasteiger partial charge < -0.3 is 0 Å². The zero-order valence-corrected chi connectivity index (χ0v) is 13.5. The van der Waals surface area contributed by atoms with Crippen LogP contribution in [0.1, 0.15) is 26.7 Å². The van der Waals surface area contributed by atoms with E-state index in [1.54, 1.807) is 0 Å². The van der Waals surface area contributed by atoms with E-state index < -0.39 is 0 Å². The van der Waals surface area contributed by atoms with Gasteiger partial charge in [0.15, 0.2) is 0 Å². The number of hydrogen-bond donors (Lipinski definition) is 0. The van der Waals surface area contributed by atoms with Crippen LogP contribution in [-0.4, -0.2) is 0 Å². The molecule has 0 spiro atoms. The van der Waals surface area contributed by atoms with Crippen molar-refractivity contribution >= 4 is 24.8 Å². The quantitative estimate of drug-likeness (QED) is 0.511. The van der Waals surface area contributed by atoms with Gasteiger partial charge in [0.1, 0.15) is 0 Å². The van der Waals surface area contributed by atoms with E-state index in [1.165, 1.54) is 12.8 Å². The molecule has 2 aliphatic carbocycles. The van der Waals surface area contributed by atoms with Gasteiger partial charge in [-0.15, -0.1) is 24.8 Å². The molecule has 0 aromatic carbocycles. The first-order valence-corrected chi connectivity index (χ1v) is 5.39. The summed E-state index contributed by atoms with van der Waals surface area (Å²) >= 11 is 0. The Morgan fingerprint density at radius 1 is 0.824 bits per heavy atom. The largest absolute Gasteiger partial charge is 2.00 e. The summed E-state index contributed by atoms with van der Waals surface area (Å²) in [5.74, 6) is 1.22. The van der Waals surface area contributed by atoms with Crippen LogP contribution in [0.2, 0.25) is 0 Å². The molecule has 94 valence electrons. The van der Waals surface area contributed by atoms with Gasteiger partial charge in [-0.05, 0) is 0 Å². The summed E-state index contributed by atoms with van der Waals surface area (Å²) in [6.07, 6.45) is 21.1. The molecule has 0 amide bonds. The minimum Gasteiger partial charge on any atom is -0.270 e. The van der Waals surface area contributed by atoms with Gasteiger partial charge in [0.05, 0.1) is 0 Å². The first-order valence-electron chi connectivity index (χ1n) is 5.39. The van der Waals surface area contributed by atoms with Gasteiger partial charge in [-0.3, -0.25) is 12.2 Å². The molecule has 0 fully saturated rings. The van der Waals surface area contributed by atoms with Crippen LogP contribution in [0.3, 0.4) is 0 Å². The maximum absolute atomic E-state index is 3.17. The van der Waals surface area contributed by atoms with Gasteiger partial charge in [0, 0.05) is 0 Å². The molecule has 0 saturated carbocycles. The molecule has 2 aliphatic rings. The van der Waals surface area contributed by atoms with Gasteiger partial charge in [-0.25, -0.2) is 24.3 Å². The van der Waals surface area contributed by atoms with Crippen LogP contribution in [0.4, 0.5) is 0 Å². The summed E-state index contributed by atoms with van der Waals surface area (Å²) in [6.45, 7) is 4.34. The second-order valence-corrected chi connectivity index (χ2v) is 3.47. The molecule has 2 rings (SSSR count). The topological polar surface area (TPSA) is 0 Å². The van der Waals surface area contributed by atoms with Crippen molar-refractivity contribution in [1.29, 1.82) is 0 Å². The Balaban J connectivity index is -0.000000196.